The molecule has 1 saturated carbocycles. The third-order valence-corrected chi connectivity index (χ3v) is 6.79. The highest BCUT2D eigenvalue weighted by Crippen LogP contribution is 2.59. The molecule has 1 aromatic rings. The van der Waals surface area contributed by atoms with Crippen LogP contribution in [0.5, 0.6) is 0 Å². The first kappa shape index (κ1) is 18.2. The van der Waals surface area contributed by atoms with Gasteiger partial charge in [0, 0.05) is 23.3 Å². The molecule has 4 heteroatoms. The van der Waals surface area contributed by atoms with Gasteiger partial charge in [0.2, 0.25) is 5.78 Å². The van der Waals surface area contributed by atoms with E-state index >= 15 is 0 Å². The number of ether oxygens (including phenoxy) is 1. The van der Waals surface area contributed by atoms with Gasteiger partial charge in [0.1, 0.15) is 6.10 Å². The molecule has 2 aliphatic carbocycles. The van der Waals surface area contributed by atoms with Crippen LogP contribution in [0.3, 0.4) is 0 Å². The number of rotatable bonds is 4. The number of ketones is 1. The molecule has 138 valence electrons. The van der Waals surface area contributed by atoms with Crippen molar-refractivity contribution in [3.63, 3.8) is 0 Å². The van der Waals surface area contributed by atoms with Gasteiger partial charge in [0.25, 0.3) is 0 Å². The third-order valence-electron chi connectivity index (χ3n) is 6.79. The van der Waals surface area contributed by atoms with E-state index in [1.807, 2.05) is 6.92 Å². The molecule has 5 atom stereocenters. The van der Waals surface area contributed by atoms with Gasteiger partial charge in [0.05, 0.1) is 6.26 Å². The number of hydrogen-bond donors (Lipinski definition) is 0. The molecule has 0 unspecified atom stereocenters. The molecule has 1 aromatic heterocycles. The van der Waals surface area contributed by atoms with E-state index in [1.54, 1.807) is 6.26 Å². The lowest BCUT2D eigenvalue weighted by molar-refractivity contribution is -0.167. The number of carbonyl (C=O) groups excluding carboxylic acids is 2. The van der Waals surface area contributed by atoms with Crippen molar-refractivity contribution in [1.82, 2.24) is 0 Å². The zero-order chi connectivity index (χ0) is 18.4. The average molecular weight is 346 g/mol. The molecule has 0 aliphatic heterocycles. The standard InChI is InChI=1S/C21H30O4/c1-6-12(2)10-16(22)25-20-17-13(3)11-24-19(17)18(23)15-9-7-8-14(4)21(15,20)5/h11-12,14-15,20H,6-10H2,1-5H3/t12-,14+,15+,20+,21-/m1/s1. The fourth-order valence-electron chi connectivity index (χ4n) is 4.68. The molecule has 0 radical (unpaired) electrons. The summed E-state index contributed by atoms with van der Waals surface area (Å²) in [6.45, 7) is 10.4. The van der Waals surface area contributed by atoms with Crippen molar-refractivity contribution in [3.8, 4) is 0 Å². The number of fused-ring (bicyclic) bond motifs is 2. The third kappa shape index (κ3) is 2.84. The number of hydrogen-bond acceptors (Lipinski definition) is 4. The van der Waals surface area contributed by atoms with Gasteiger partial charge >= 0.3 is 5.97 Å². The van der Waals surface area contributed by atoms with Gasteiger partial charge in [-0.3, -0.25) is 9.59 Å². The minimum atomic E-state index is -0.393. The summed E-state index contributed by atoms with van der Waals surface area (Å²) in [4.78, 5) is 25.6. The molecule has 2 aliphatic rings. The van der Waals surface area contributed by atoms with Crippen LogP contribution in [-0.4, -0.2) is 11.8 Å². The molecule has 0 amide bonds. The SMILES string of the molecule is CC[C@@H](C)CC(=O)O[C@H]1c2c(C)coc2C(=O)[C@@H]2CCC[C@H](C)[C@]21C. The Morgan fingerprint density at radius 3 is 2.84 bits per heavy atom. The van der Waals surface area contributed by atoms with Crippen molar-refractivity contribution in [2.45, 2.75) is 72.8 Å². The maximum absolute atomic E-state index is 13.0. The summed E-state index contributed by atoms with van der Waals surface area (Å²) in [5, 5.41) is 0. The van der Waals surface area contributed by atoms with E-state index in [-0.39, 0.29) is 23.1 Å². The van der Waals surface area contributed by atoms with Crippen molar-refractivity contribution in [2.75, 3.05) is 0 Å². The van der Waals surface area contributed by atoms with Gasteiger partial charge in [-0.1, -0.05) is 40.5 Å². The molecule has 4 nitrogen and oxygen atoms in total. The summed E-state index contributed by atoms with van der Waals surface area (Å²) < 4.78 is 11.7. The molecular formula is C21H30O4. The Morgan fingerprint density at radius 2 is 2.16 bits per heavy atom. The lowest BCUT2D eigenvalue weighted by atomic mass is 9.54. The van der Waals surface area contributed by atoms with Crippen LogP contribution in [0.2, 0.25) is 0 Å². The summed E-state index contributed by atoms with van der Waals surface area (Å²) in [5.74, 6) is 0.824. The maximum Gasteiger partial charge on any atom is 0.306 e. The first-order valence-corrected chi connectivity index (χ1v) is 9.62. The first-order chi connectivity index (χ1) is 11.8. The second-order valence-electron chi connectivity index (χ2n) is 8.36. The van der Waals surface area contributed by atoms with Gasteiger partial charge in [-0.05, 0) is 37.2 Å². The highest BCUT2D eigenvalue weighted by Gasteiger charge is 2.58. The van der Waals surface area contributed by atoms with E-state index in [1.165, 1.54) is 0 Å². The van der Waals surface area contributed by atoms with Crippen LogP contribution in [0.4, 0.5) is 0 Å². The summed E-state index contributed by atoms with van der Waals surface area (Å²) in [6, 6.07) is 0. The topological polar surface area (TPSA) is 56.5 Å². The van der Waals surface area contributed by atoms with Crippen molar-refractivity contribution >= 4 is 11.8 Å². The normalized spacial score (nSPS) is 32.7. The summed E-state index contributed by atoms with van der Waals surface area (Å²) in [6.07, 6.45) is 5.55. The summed E-state index contributed by atoms with van der Waals surface area (Å²) in [5.41, 5.74) is 1.35. The zero-order valence-corrected chi connectivity index (χ0v) is 16.1. The van der Waals surface area contributed by atoms with Gasteiger partial charge < -0.3 is 9.15 Å². The number of furan rings is 1. The van der Waals surface area contributed by atoms with Crippen LogP contribution < -0.4 is 0 Å². The van der Waals surface area contributed by atoms with Gasteiger partial charge in [-0.15, -0.1) is 0 Å². The Hall–Kier alpha value is -1.58. The van der Waals surface area contributed by atoms with Crippen molar-refractivity contribution in [1.29, 1.82) is 0 Å². The van der Waals surface area contributed by atoms with Gasteiger partial charge in [-0.2, -0.15) is 0 Å². The second-order valence-corrected chi connectivity index (χ2v) is 8.36. The molecule has 0 aromatic carbocycles. The zero-order valence-electron chi connectivity index (χ0n) is 16.1. The van der Waals surface area contributed by atoms with Crippen LogP contribution in [0.15, 0.2) is 10.7 Å². The lowest BCUT2D eigenvalue weighted by Crippen LogP contribution is -2.50. The smallest absolute Gasteiger partial charge is 0.306 e. The lowest BCUT2D eigenvalue weighted by Gasteiger charge is -2.51. The predicted octanol–water partition coefficient (Wildman–Crippen LogP) is 5.25. The number of Topliss-reactive ketones (excluding diaryl/α,β-unsaturated/α-hetero) is 1. The molecule has 0 spiro atoms. The van der Waals surface area contributed by atoms with Crippen molar-refractivity contribution < 1.29 is 18.7 Å². The first-order valence-electron chi connectivity index (χ1n) is 9.62. The molecular weight excluding hydrogens is 316 g/mol. The van der Waals surface area contributed by atoms with E-state index in [4.69, 9.17) is 9.15 Å². The summed E-state index contributed by atoms with van der Waals surface area (Å²) >= 11 is 0. The Labute approximate surface area is 150 Å². The van der Waals surface area contributed by atoms with Gasteiger partial charge in [0.15, 0.2) is 5.76 Å². The van der Waals surface area contributed by atoms with E-state index in [0.717, 1.165) is 36.8 Å². The summed E-state index contributed by atoms with van der Waals surface area (Å²) in [7, 11) is 0. The molecule has 1 fully saturated rings. The van der Waals surface area contributed by atoms with E-state index in [9.17, 15) is 9.59 Å². The molecule has 0 saturated heterocycles. The van der Waals surface area contributed by atoms with Crippen LogP contribution in [0.1, 0.15) is 87.6 Å². The largest absolute Gasteiger partial charge is 0.461 e. The van der Waals surface area contributed by atoms with Crippen LogP contribution >= 0.6 is 0 Å². The number of esters is 1. The second kappa shape index (κ2) is 6.62. The Morgan fingerprint density at radius 1 is 1.44 bits per heavy atom. The van der Waals surface area contributed by atoms with E-state index in [0.29, 0.717) is 24.0 Å². The van der Waals surface area contributed by atoms with Crippen molar-refractivity contribution in [2.24, 2.45) is 23.2 Å². The Kier molecular flexibility index (Phi) is 4.82. The molecule has 3 rings (SSSR count). The fraction of sp³-hybridized carbons (Fsp3) is 0.714. The molecule has 25 heavy (non-hydrogen) atoms. The van der Waals surface area contributed by atoms with Crippen LogP contribution in [-0.2, 0) is 9.53 Å². The predicted molar refractivity (Wildman–Crippen MR) is 95.3 cm³/mol. The number of aryl methyl sites for hydroxylation is 1. The Balaban J connectivity index is 2.02. The highest BCUT2D eigenvalue weighted by atomic mass is 16.5. The molecule has 1 heterocycles. The van der Waals surface area contributed by atoms with Gasteiger partial charge in [-0.25, -0.2) is 0 Å². The van der Waals surface area contributed by atoms with E-state index < -0.39 is 6.10 Å². The molecule has 0 bridgehead atoms. The molecule has 0 N–H and O–H groups in total. The average Bonchev–Trinajstić information content (AvgIpc) is 2.95. The van der Waals surface area contributed by atoms with Crippen LogP contribution in [0, 0.1) is 30.1 Å². The monoisotopic (exact) mass is 346 g/mol. The Bertz CT molecular complexity index is 673. The van der Waals surface area contributed by atoms with Crippen LogP contribution in [0.25, 0.3) is 0 Å². The van der Waals surface area contributed by atoms with Crippen molar-refractivity contribution in [3.05, 3.63) is 23.2 Å². The van der Waals surface area contributed by atoms with E-state index in [2.05, 4.69) is 27.7 Å². The quantitative estimate of drug-likeness (QED) is 0.699. The maximum atomic E-state index is 13.0. The highest BCUT2D eigenvalue weighted by molar-refractivity contribution is 5.99. The minimum absolute atomic E-state index is 0.0892. The number of carbonyl (C=O) groups is 2. The fourth-order valence-corrected chi connectivity index (χ4v) is 4.68. The minimum Gasteiger partial charge on any atom is -0.461 e.